The maximum Gasteiger partial charge on any atom is 0.340 e. The quantitative estimate of drug-likeness (QED) is 0.659. The lowest BCUT2D eigenvalue weighted by molar-refractivity contribution is 0.0458. The summed E-state index contributed by atoms with van der Waals surface area (Å²) in [4.78, 5) is 18.2. The molecule has 1 aromatic heterocycles. The van der Waals surface area contributed by atoms with Crippen LogP contribution in [0.25, 0.3) is 0 Å². The number of hydrogen-bond donors (Lipinski definition) is 1. The Labute approximate surface area is 123 Å². The van der Waals surface area contributed by atoms with Crippen molar-refractivity contribution in [3.63, 3.8) is 0 Å². The topological polar surface area (TPSA) is 86.3 Å². The highest BCUT2D eigenvalue weighted by Crippen LogP contribution is 2.22. The summed E-state index contributed by atoms with van der Waals surface area (Å²) in [6.45, 7) is 2.70. The van der Waals surface area contributed by atoms with Crippen molar-refractivity contribution in [1.29, 1.82) is 0 Å². The Bertz CT molecular complexity index is 636. The van der Waals surface area contributed by atoms with Gasteiger partial charge in [-0.05, 0) is 25.1 Å². The molecule has 0 radical (unpaired) electrons. The molecule has 0 spiro atoms. The lowest BCUT2D eigenvalue weighted by Crippen LogP contribution is -2.16. The van der Waals surface area contributed by atoms with Gasteiger partial charge in [-0.3, -0.25) is 0 Å². The fourth-order valence-electron chi connectivity index (χ4n) is 1.98. The lowest BCUT2D eigenvalue weighted by Gasteiger charge is -2.17. The second-order valence-corrected chi connectivity index (χ2v) is 4.74. The summed E-state index contributed by atoms with van der Waals surface area (Å²) in [6.07, 6.45) is 1.44. The van der Waals surface area contributed by atoms with E-state index in [1.807, 2.05) is 25.9 Å². The van der Waals surface area contributed by atoms with E-state index in [1.165, 1.54) is 6.33 Å². The van der Waals surface area contributed by atoms with E-state index in [2.05, 4.69) is 10.1 Å². The van der Waals surface area contributed by atoms with Crippen LogP contribution in [0, 0.1) is 0 Å². The summed E-state index contributed by atoms with van der Waals surface area (Å²) in [5.74, 6) is 0.179. The van der Waals surface area contributed by atoms with Gasteiger partial charge in [-0.1, -0.05) is 0 Å². The molecule has 0 saturated heterocycles. The number of anilines is 2. The summed E-state index contributed by atoms with van der Waals surface area (Å²) < 4.78 is 7.00. The Morgan fingerprint density at radius 2 is 2.19 bits per heavy atom. The molecule has 1 heterocycles. The molecule has 2 N–H and O–H groups in total. The third kappa shape index (κ3) is 3.31. The van der Waals surface area contributed by atoms with E-state index in [0.717, 1.165) is 5.69 Å². The first-order valence-electron chi connectivity index (χ1n) is 6.63. The van der Waals surface area contributed by atoms with Crippen LogP contribution in [0.5, 0.6) is 0 Å². The molecule has 0 aliphatic carbocycles. The maximum atomic E-state index is 12.3. The van der Waals surface area contributed by atoms with Crippen molar-refractivity contribution in [3.05, 3.63) is 35.9 Å². The second-order valence-electron chi connectivity index (χ2n) is 4.74. The van der Waals surface area contributed by atoms with E-state index in [0.29, 0.717) is 23.6 Å². The minimum absolute atomic E-state index is 0.0777. The Balaban J connectivity index is 2.15. The number of nitrogens with zero attached hydrogens (tertiary/aromatic N) is 4. The first-order valence-corrected chi connectivity index (χ1v) is 6.63. The van der Waals surface area contributed by atoms with Gasteiger partial charge in [-0.25, -0.2) is 14.5 Å². The maximum absolute atomic E-state index is 12.3. The normalized spacial score (nSPS) is 10.4. The van der Waals surface area contributed by atoms with Gasteiger partial charge in [-0.2, -0.15) is 5.10 Å². The first-order chi connectivity index (χ1) is 10.0. The van der Waals surface area contributed by atoms with Gasteiger partial charge < -0.3 is 15.4 Å². The highest BCUT2D eigenvalue weighted by Gasteiger charge is 2.16. The molecular weight excluding hydrogens is 270 g/mol. The van der Waals surface area contributed by atoms with Crippen molar-refractivity contribution in [3.8, 4) is 0 Å². The van der Waals surface area contributed by atoms with Crippen LogP contribution >= 0.6 is 0 Å². The average Bonchev–Trinajstić information content (AvgIpc) is 2.91. The van der Waals surface area contributed by atoms with Crippen LogP contribution in [-0.4, -0.2) is 34.8 Å². The van der Waals surface area contributed by atoms with Crippen LogP contribution in [-0.2, 0) is 17.9 Å². The van der Waals surface area contributed by atoms with Gasteiger partial charge >= 0.3 is 5.97 Å². The SMILES string of the molecule is CCn1ncnc1COC(=O)c1cc(N)ccc1N(C)C. The number of esters is 1. The third-order valence-corrected chi connectivity index (χ3v) is 3.05. The van der Waals surface area contributed by atoms with Gasteiger partial charge in [-0.15, -0.1) is 0 Å². The number of aryl methyl sites for hydroxylation is 1. The van der Waals surface area contributed by atoms with E-state index >= 15 is 0 Å². The van der Waals surface area contributed by atoms with Crippen molar-refractivity contribution < 1.29 is 9.53 Å². The molecule has 7 nitrogen and oxygen atoms in total. The van der Waals surface area contributed by atoms with E-state index in [4.69, 9.17) is 10.5 Å². The Morgan fingerprint density at radius 3 is 2.86 bits per heavy atom. The molecule has 21 heavy (non-hydrogen) atoms. The zero-order chi connectivity index (χ0) is 15.4. The molecule has 0 unspecified atom stereocenters. The molecule has 7 heteroatoms. The van der Waals surface area contributed by atoms with Gasteiger partial charge in [0.2, 0.25) is 0 Å². The molecule has 0 aliphatic heterocycles. The lowest BCUT2D eigenvalue weighted by atomic mass is 10.1. The summed E-state index contributed by atoms with van der Waals surface area (Å²) in [5, 5.41) is 4.03. The second kappa shape index (κ2) is 6.25. The number of carbonyl (C=O) groups is 1. The van der Waals surface area contributed by atoms with Crippen LogP contribution in [0.2, 0.25) is 0 Å². The molecular formula is C14H19N5O2. The van der Waals surface area contributed by atoms with E-state index < -0.39 is 5.97 Å². The standard InChI is InChI=1S/C14H19N5O2/c1-4-19-13(16-9-17-19)8-21-14(20)11-7-10(15)5-6-12(11)18(2)3/h5-7,9H,4,8,15H2,1-3H3. The molecule has 2 rings (SSSR count). The number of benzene rings is 1. The van der Waals surface area contributed by atoms with Crippen molar-refractivity contribution in [2.45, 2.75) is 20.1 Å². The van der Waals surface area contributed by atoms with Gasteiger partial charge in [0.05, 0.1) is 11.3 Å². The van der Waals surface area contributed by atoms with Crippen molar-refractivity contribution in [2.75, 3.05) is 24.7 Å². The number of carbonyl (C=O) groups excluding carboxylic acids is 1. The molecule has 0 saturated carbocycles. The summed E-state index contributed by atoms with van der Waals surface area (Å²) in [6, 6.07) is 5.16. The summed E-state index contributed by atoms with van der Waals surface area (Å²) in [7, 11) is 3.71. The molecule has 0 atom stereocenters. The van der Waals surface area contributed by atoms with Gasteiger partial charge in [0, 0.05) is 26.3 Å². The minimum atomic E-state index is -0.434. The zero-order valence-electron chi connectivity index (χ0n) is 12.4. The molecule has 0 aliphatic rings. The fraction of sp³-hybridized carbons (Fsp3) is 0.357. The molecule has 2 aromatic rings. The number of aromatic nitrogens is 3. The molecule has 0 amide bonds. The fourth-order valence-corrected chi connectivity index (χ4v) is 1.98. The van der Waals surface area contributed by atoms with Crippen LogP contribution in [0.4, 0.5) is 11.4 Å². The van der Waals surface area contributed by atoms with E-state index in [1.54, 1.807) is 22.9 Å². The molecule has 1 aromatic carbocycles. The van der Waals surface area contributed by atoms with Crippen LogP contribution in [0.3, 0.4) is 0 Å². The van der Waals surface area contributed by atoms with Crippen molar-refractivity contribution in [1.82, 2.24) is 14.8 Å². The van der Waals surface area contributed by atoms with Gasteiger partial charge in [0.1, 0.15) is 6.33 Å². The van der Waals surface area contributed by atoms with Crippen LogP contribution in [0.15, 0.2) is 24.5 Å². The highest BCUT2D eigenvalue weighted by molar-refractivity contribution is 5.96. The Morgan fingerprint density at radius 1 is 1.43 bits per heavy atom. The minimum Gasteiger partial charge on any atom is -0.454 e. The first kappa shape index (κ1) is 14.8. The largest absolute Gasteiger partial charge is 0.454 e. The summed E-state index contributed by atoms with van der Waals surface area (Å²) >= 11 is 0. The molecule has 0 bridgehead atoms. The number of nitrogens with two attached hydrogens (primary N) is 1. The number of ether oxygens (including phenoxy) is 1. The van der Waals surface area contributed by atoms with Crippen molar-refractivity contribution in [2.24, 2.45) is 0 Å². The third-order valence-electron chi connectivity index (χ3n) is 3.05. The molecule has 0 fully saturated rings. The Hall–Kier alpha value is -2.57. The van der Waals surface area contributed by atoms with Gasteiger partial charge in [0.15, 0.2) is 12.4 Å². The highest BCUT2D eigenvalue weighted by atomic mass is 16.5. The predicted molar refractivity (Wildman–Crippen MR) is 80.0 cm³/mol. The number of hydrogen-bond acceptors (Lipinski definition) is 6. The number of nitrogen functional groups attached to an aromatic ring is 1. The summed E-state index contributed by atoms with van der Waals surface area (Å²) in [5.41, 5.74) is 7.46. The van der Waals surface area contributed by atoms with Crippen molar-refractivity contribution >= 4 is 17.3 Å². The average molecular weight is 289 g/mol. The number of rotatable bonds is 5. The van der Waals surface area contributed by atoms with Crippen LogP contribution in [0.1, 0.15) is 23.1 Å². The van der Waals surface area contributed by atoms with E-state index in [9.17, 15) is 4.79 Å². The van der Waals surface area contributed by atoms with E-state index in [-0.39, 0.29) is 6.61 Å². The monoisotopic (exact) mass is 289 g/mol. The smallest absolute Gasteiger partial charge is 0.340 e. The predicted octanol–water partition coefficient (Wildman–Crippen LogP) is 1.30. The molecule has 112 valence electrons. The Kier molecular flexibility index (Phi) is 4.42. The van der Waals surface area contributed by atoms with Gasteiger partial charge in [0.25, 0.3) is 0 Å². The zero-order valence-corrected chi connectivity index (χ0v) is 12.4. The van der Waals surface area contributed by atoms with Crippen LogP contribution < -0.4 is 10.6 Å².